The van der Waals surface area contributed by atoms with Crippen molar-refractivity contribution >= 4 is 17.5 Å². The number of aromatic nitrogens is 3. The molecule has 3 aromatic rings. The zero-order chi connectivity index (χ0) is 21.4. The Morgan fingerprint density at radius 2 is 1.94 bits per heavy atom. The lowest BCUT2D eigenvalue weighted by atomic mass is 9.70. The maximum absolute atomic E-state index is 13.8. The van der Waals surface area contributed by atoms with Gasteiger partial charge < -0.3 is 9.64 Å². The summed E-state index contributed by atoms with van der Waals surface area (Å²) in [6.07, 6.45) is 8.03. The molecule has 3 aliphatic rings. The van der Waals surface area contributed by atoms with E-state index in [9.17, 15) is 4.79 Å². The average molecular weight is 435 g/mol. The maximum atomic E-state index is 13.8. The van der Waals surface area contributed by atoms with E-state index in [1.54, 1.807) is 36.8 Å². The Labute approximate surface area is 186 Å². The minimum Gasteiger partial charge on any atom is -0.475 e. The standard InChI is InChI=1S/C24H23ClN4O2/c1-15-3-5-20(23-26-7-2-8-27-23)21(9-15)24(30)29-18-10-16(11-18)12-19(29)14-31-22-6-4-17(25)13-28-22/h2-9,13,16,18-19H,10-12,14H2,1H3. The second-order valence-electron chi connectivity index (χ2n) is 8.34. The Bertz CT molecular complexity index is 1080. The van der Waals surface area contributed by atoms with Crippen LogP contribution in [0.25, 0.3) is 11.4 Å². The van der Waals surface area contributed by atoms with E-state index >= 15 is 0 Å². The van der Waals surface area contributed by atoms with Gasteiger partial charge in [-0.15, -0.1) is 0 Å². The number of rotatable bonds is 5. The molecule has 6 rings (SSSR count). The van der Waals surface area contributed by atoms with E-state index in [0.717, 1.165) is 30.4 Å². The molecule has 31 heavy (non-hydrogen) atoms. The number of halogens is 1. The highest BCUT2D eigenvalue weighted by Gasteiger charge is 2.47. The number of aryl methyl sites for hydroxylation is 1. The number of pyridine rings is 1. The van der Waals surface area contributed by atoms with Crippen molar-refractivity contribution in [1.29, 1.82) is 0 Å². The van der Waals surface area contributed by atoms with Gasteiger partial charge in [-0.3, -0.25) is 4.79 Å². The first-order valence-electron chi connectivity index (χ1n) is 10.5. The zero-order valence-corrected chi connectivity index (χ0v) is 18.0. The lowest BCUT2D eigenvalue weighted by molar-refractivity contribution is -0.0310. The minimum absolute atomic E-state index is 0.00697. The van der Waals surface area contributed by atoms with Crippen molar-refractivity contribution < 1.29 is 9.53 Å². The number of carbonyl (C=O) groups is 1. The van der Waals surface area contributed by atoms with Crippen LogP contribution >= 0.6 is 11.6 Å². The monoisotopic (exact) mass is 434 g/mol. The summed E-state index contributed by atoms with van der Waals surface area (Å²) in [7, 11) is 0. The molecule has 4 heterocycles. The van der Waals surface area contributed by atoms with Crippen molar-refractivity contribution in [1.82, 2.24) is 19.9 Å². The first kappa shape index (κ1) is 19.9. The Balaban J connectivity index is 1.43. The van der Waals surface area contributed by atoms with Gasteiger partial charge in [0.05, 0.1) is 16.6 Å². The Kier molecular flexibility index (Phi) is 5.32. The molecule has 0 spiro atoms. The van der Waals surface area contributed by atoms with Crippen LogP contribution in [0.1, 0.15) is 35.2 Å². The van der Waals surface area contributed by atoms with E-state index in [0.29, 0.717) is 34.8 Å². The maximum Gasteiger partial charge on any atom is 0.255 e. The highest BCUT2D eigenvalue weighted by atomic mass is 35.5. The minimum atomic E-state index is 0.00697. The van der Waals surface area contributed by atoms with Crippen LogP contribution in [0.2, 0.25) is 5.02 Å². The van der Waals surface area contributed by atoms with Gasteiger partial charge in [-0.2, -0.15) is 0 Å². The van der Waals surface area contributed by atoms with E-state index < -0.39 is 0 Å². The number of amides is 1. The summed E-state index contributed by atoms with van der Waals surface area (Å²) in [6.45, 7) is 2.41. The summed E-state index contributed by atoms with van der Waals surface area (Å²) in [4.78, 5) is 28.8. The van der Waals surface area contributed by atoms with E-state index in [-0.39, 0.29) is 18.0 Å². The van der Waals surface area contributed by atoms with E-state index in [4.69, 9.17) is 16.3 Å². The predicted octanol–water partition coefficient (Wildman–Crippen LogP) is 4.57. The quantitative estimate of drug-likeness (QED) is 0.588. The summed E-state index contributed by atoms with van der Waals surface area (Å²) in [6, 6.07) is 11.4. The predicted molar refractivity (Wildman–Crippen MR) is 118 cm³/mol. The molecule has 2 saturated heterocycles. The fraction of sp³-hybridized carbons (Fsp3) is 0.333. The number of piperidine rings is 2. The molecule has 1 unspecified atom stereocenters. The molecule has 1 saturated carbocycles. The molecule has 1 atom stereocenters. The first-order valence-corrected chi connectivity index (χ1v) is 10.9. The van der Waals surface area contributed by atoms with Gasteiger partial charge in [-0.05, 0) is 50.3 Å². The molecule has 2 aliphatic heterocycles. The number of carbonyl (C=O) groups excluding carboxylic acids is 1. The van der Waals surface area contributed by atoms with Gasteiger partial charge in [0.15, 0.2) is 5.82 Å². The van der Waals surface area contributed by atoms with Crippen molar-refractivity contribution in [2.45, 2.75) is 38.3 Å². The molecular formula is C24H23ClN4O2. The van der Waals surface area contributed by atoms with Crippen molar-refractivity contribution in [2.75, 3.05) is 6.61 Å². The number of fused-ring (bicyclic) bond motifs is 2. The Hall–Kier alpha value is -2.99. The van der Waals surface area contributed by atoms with Crippen LogP contribution in [-0.2, 0) is 0 Å². The number of hydrogen-bond donors (Lipinski definition) is 0. The zero-order valence-electron chi connectivity index (χ0n) is 17.2. The third-order valence-electron chi connectivity index (χ3n) is 6.17. The van der Waals surface area contributed by atoms with Gasteiger partial charge in [0.2, 0.25) is 5.88 Å². The highest BCUT2D eigenvalue weighted by Crippen LogP contribution is 2.44. The van der Waals surface area contributed by atoms with Gasteiger partial charge in [-0.25, -0.2) is 15.0 Å². The molecule has 7 heteroatoms. The topological polar surface area (TPSA) is 68.2 Å². The van der Waals surface area contributed by atoms with E-state index in [2.05, 4.69) is 15.0 Å². The van der Waals surface area contributed by atoms with Gasteiger partial charge >= 0.3 is 0 Å². The summed E-state index contributed by atoms with van der Waals surface area (Å²) >= 11 is 5.91. The first-order chi connectivity index (χ1) is 15.1. The van der Waals surface area contributed by atoms with E-state index in [1.165, 1.54) is 0 Å². The lowest BCUT2D eigenvalue weighted by Crippen LogP contribution is -2.60. The van der Waals surface area contributed by atoms with Gasteiger partial charge in [0.1, 0.15) is 6.61 Å². The SMILES string of the molecule is Cc1ccc(-c2ncccn2)c(C(=O)N2C(COc3ccc(Cl)cn3)CC3CC2C3)c1. The molecule has 1 amide bonds. The molecule has 0 radical (unpaired) electrons. The van der Waals surface area contributed by atoms with Crippen molar-refractivity contribution in [3.05, 3.63) is 71.1 Å². The fourth-order valence-electron chi connectivity index (χ4n) is 4.63. The van der Waals surface area contributed by atoms with E-state index in [1.807, 2.05) is 30.0 Å². The van der Waals surface area contributed by atoms with Crippen molar-refractivity contribution in [2.24, 2.45) is 5.92 Å². The third-order valence-corrected chi connectivity index (χ3v) is 6.40. The van der Waals surface area contributed by atoms with Gasteiger partial charge in [0.25, 0.3) is 5.91 Å². The molecule has 1 aliphatic carbocycles. The normalized spacial score (nSPS) is 22.0. The van der Waals surface area contributed by atoms with Crippen LogP contribution in [0.3, 0.4) is 0 Å². The van der Waals surface area contributed by atoms with Crippen LogP contribution in [0, 0.1) is 12.8 Å². The van der Waals surface area contributed by atoms with Crippen LogP contribution in [0.4, 0.5) is 0 Å². The van der Waals surface area contributed by atoms with Crippen LogP contribution in [-0.4, -0.2) is 44.4 Å². The second kappa shape index (κ2) is 8.27. The highest BCUT2D eigenvalue weighted by molar-refractivity contribution is 6.30. The number of hydrogen-bond acceptors (Lipinski definition) is 5. The number of nitrogens with zero attached hydrogens (tertiary/aromatic N) is 4. The van der Waals surface area contributed by atoms with Crippen molar-refractivity contribution in [3.8, 4) is 17.3 Å². The Morgan fingerprint density at radius 1 is 1.13 bits per heavy atom. The average Bonchev–Trinajstić information content (AvgIpc) is 2.78. The molecule has 0 N–H and O–H groups in total. The molecular weight excluding hydrogens is 412 g/mol. The van der Waals surface area contributed by atoms with Crippen LogP contribution in [0.5, 0.6) is 5.88 Å². The van der Waals surface area contributed by atoms with Crippen LogP contribution < -0.4 is 4.74 Å². The van der Waals surface area contributed by atoms with Crippen molar-refractivity contribution in [3.63, 3.8) is 0 Å². The summed E-state index contributed by atoms with van der Waals surface area (Å²) < 4.78 is 5.94. The molecule has 1 aromatic carbocycles. The fourth-order valence-corrected chi connectivity index (χ4v) is 4.74. The Morgan fingerprint density at radius 3 is 2.68 bits per heavy atom. The molecule has 2 aromatic heterocycles. The number of benzene rings is 1. The molecule has 3 fully saturated rings. The van der Waals surface area contributed by atoms with Gasteiger partial charge in [-0.1, -0.05) is 29.3 Å². The molecule has 6 nitrogen and oxygen atoms in total. The largest absolute Gasteiger partial charge is 0.475 e. The smallest absolute Gasteiger partial charge is 0.255 e. The summed E-state index contributed by atoms with van der Waals surface area (Å²) in [5.74, 6) is 1.76. The summed E-state index contributed by atoms with van der Waals surface area (Å²) in [5, 5.41) is 0.568. The number of ether oxygens (including phenoxy) is 1. The lowest BCUT2D eigenvalue weighted by Gasteiger charge is -2.53. The molecule has 158 valence electrons. The van der Waals surface area contributed by atoms with Gasteiger partial charge in [0, 0.05) is 36.3 Å². The van der Waals surface area contributed by atoms with Crippen LogP contribution in [0.15, 0.2) is 55.0 Å². The second-order valence-corrected chi connectivity index (χ2v) is 8.78. The third kappa shape index (κ3) is 4.00. The molecule has 2 bridgehead atoms. The summed E-state index contributed by atoms with van der Waals surface area (Å²) in [5.41, 5.74) is 2.44.